The molecule has 1 fully saturated rings. The van der Waals surface area contributed by atoms with Crippen LogP contribution >= 0.6 is 11.8 Å². The number of nitrogens with zero attached hydrogens (tertiary/aromatic N) is 1. The van der Waals surface area contributed by atoms with Gasteiger partial charge in [-0.3, -0.25) is 9.59 Å². The number of urea groups is 1. The molecule has 1 aromatic rings. The van der Waals surface area contributed by atoms with Gasteiger partial charge in [0.15, 0.2) is 0 Å². The topological polar surface area (TPSA) is 105 Å². The first-order valence-electron chi connectivity index (χ1n) is 14.6. The number of carbonyl (C=O) groups is 4. The van der Waals surface area contributed by atoms with Crippen LogP contribution in [-0.4, -0.2) is 66.5 Å². The largest absolute Gasteiger partial charge is 0.462 e. The van der Waals surface area contributed by atoms with Gasteiger partial charge in [0.05, 0.1) is 17.7 Å². The maximum absolute atomic E-state index is 13.2. The van der Waals surface area contributed by atoms with Crippen molar-refractivity contribution in [2.75, 3.05) is 38.5 Å². The molecule has 0 radical (unpaired) electrons. The number of rotatable bonds is 18. The van der Waals surface area contributed by atoms with Crippen molar-refractivity contribution in [2.24, 2.45) is 11.8 Å². The van der Waals surface area contributed by atoms with Crippen molar-refractivity contribution in [1.82, 2.24) is 15.5 Å². The molecule has 1 heterocycles. The van der Waals surface area contributed by atoms with Crippen molar-refractivity contribution < 1.29 is 23.9 Å². The van der Waals surface area contributed by atoms with Crippen LogP contribution in [-0.2, 0) is 4.74 Å². The van der Waals surface area contributed by atoms with Gasteiger partial charge in [-0.2, -0.15) is 0 Å². The van der Waals surface area contributed by atoms with E-state index in [1.807, 2.05) is 0 Å². The van der Waals surface area contributed by atoms with Crippen molar-refractivity contribution in [3.8, 4) is 0 Å². The number of carbonyl (C=O) groups excluding carboxylic acids is 4. The third-order valence-electron chi connectivity index (χ3n) is 7.32. The van der Waals surface area contributed by atoms with Crippen molar-refractivity contribution in [2.45, 2.75) is 79.1 Å². The van der Waals surface area contributed by atoms with Crippen molar-refractivity contribution in [1.29, 1.82) is 0 Å². The van der Waals surface area contributed by atoms with Gasteiger partial charge >= 0.3 is 12.0 Å². The lowest BCUT2D eigenvalue weighted by Gasteiger charge is -2.17. The van der Waals surface area contributed by atoms with Crippen LogP contribution in [0.4, 0.5) is 4.79 Å². The summed E-state index contributed by atoms with van der Waals surface area (Å²) >= 11 is 1.23. The van der Waals surface area contributed by atoms with E-state index in [1.165, 1.54) is 17.8 Å². The van der Waals surface area contributed by atoms with Crippen molar-refractivity contribution in [3.63, 3.8) is 0 Å². The normalized spacial score (nSPS) is 14.6. The Hall–Kier alpha value is -2.55. The maximum atomic E-state index is 13.2. The van der Waals surface area contributed by atoms with E-state index in [0.29, 0.717) is 43.8 Å². The molecular formula is C30H47N3O5S. The molecule has 1 aromatic carbocycles. The predicted molar refractivity (Wildman–Crippen MR) is 157 cm³/mol. The summed E-state index contributed by atoms with van der Waals surface area (Å²) < 4.78 is 5.59. The lowest BCUT2D eigenvalue weighted by Crippen LogP contribution is -2.37. The number of ether oxygens (including phenoxy) is 1. The highest BCUT2D eigenvalue weighted by Gasteiger charge is 2.23. The number of hydrogen-bond acceptors (Lipinski definition) is 6. The number of nitrogens with one attached hydrogen (secondary N) is 2. The molecule has 3 amide bonds. The third kappa shape index (κ3) is 10.9. The summed E-state index contributed by atoms with van der Waals surface area (Å²) in [4.78, 5) is 52.7. The van der Waals surface area contributed by atoms with Gasteiger partial charge in [-0.15, -0.1) is 0 Å². The molecule has 9 heteroatoms. The fourth-order valence-electron chi connectivity index (χ4n) is 4.51. The summed E-state index contributed by atoms with van der Waals surface area (Å²) in [5, 5.41) is 5.37. The number of thioether (sulfide) groups is 1. The average molecular weight is 562 g/mol. The summed E-state index contributed by atoms with van der Waals surface area (Å²) in [6, 6.07) is 4.45. The zero-order valence-electron chi connectivity index (χ0n) is 24.2. The first-order valence-corrected chi connectivity index (χ1v) is 15.6. The molecule has 2 unspecified atom stereocenters. The second kappa shape index (κ2) is 17.9. The molecule has 2 N–H and O–H groups in total. The zero-order chi connectivity index (χ0) is 28.6. The number of esters is 1. The minimum absolute atomic E-state index is 0.154. The van der Waals surface area contributed by atoms with Gasteiger partial charge in [0, 0.05) is 37.5 Å². The Morgan fingerprint density at radius 2 is 1.72 bits per heavy atom. The summed E-state index contributed by atoms with van der Waals surface area (Å²) in [6.45, 7) is 10.6. The van der Waals surface area contributed by atoms with Gasteiger partial charge in [-0.1, -0.05) is 78.0 Å². The van der Waals surface area contributed by atoms with Crippen LogP contribution in [0.1, 0.15) is 110 Å². The molecule has 2 rings (SSSR count). The highest BCUT2D eigenvalue weighted by molar-refractivity contribution is 8.14. The fourth-order valence-corrected chi connectivity index (χ4v) is 5.63. The number of unbranched alkanes of at least 4 members (excludes halogenated alkanes) is 2. The molecule has 0 bridgehead atoms. The zero-order valence-corrected chi connectivity index (χ0v) is 25.0. The quantitative estimate of drug-likeness (QED) is 0.216. The first-order chi connectivity index (χ1) is 18.8. The second-order valence-corrected chi connectivity index (χ2v) is 11.3. The van der Waals surface area contributed by atoms with Gasteiger partial charge in [0.25, 0.3) is 5.91 Å². The van der Waals surface area contributed by atoms with E-state index in [4.69, 9.17) is 4.74 Å². The Balaban J connectivity index is 2.15. The smallest absolute Gasteiger partial charge is 0.338 e. The summed E-state index contributed by atoms with van der Waals surface area (Å²) in [5.41, 5.74) is 0.695. The van der Waals surface area contributed by atoms with E-state index in [0.717, 1.165) is 51.4 Å². The molecule has 1 aliphatic rings. The highest BCUT2D eigenvalue weighted by Crippen LogP contribution is 2.24. The van der Waals surface area contributed by atoms with E-state index >= 15 is 0 Å². The highest BCUT2D eigenvalue weighted by atomic mass is 32.2. The maximum Gasteiger partial charge on any atom is 0.338 e. The fraction of sp³-hybridized carbons (Fsp3) is 0.667. The van der Waals surface area contributed by atoms with Crippen LogP contribution in [0.2, 0.25) is 0 Å². The third-order valence-corrected chi connectivity index (χ3v) is 8.44. The van der Waals surface area contributed by atoms with Crippen molar-refractivity contribution >= 4 is 34.8 Å². The lowest BCUT2D eigenvalue weighted by atomic mass is 10.0. The number of benzene rings is 1. The molecule has 1 aliphatic heterocycles. The molecule has 2 atom stereocenters. The standard InChI is InChI=1S/C30H47N3O5S/c1-5-9-11-22(7-3)20-38-28(35)24-13-14-25(29(36)39-21-23(8-4)12-10-6-2)26(19-24)27(34)31-15-17-33-18-16-32-30(33)37/h13-14,19,22-23H,5-12,15-18,20-21H2,1-4H3,(H,31,34)(H,32,37). The van der Waals surface area contributed by atoms with Gasteiger partial charge in [-0.25, -0.2) is 9.59 Å². The molecule has 0 aromatic heterocycles. The van der Waals surface area contributed by atoms with Crippen LogP contribution in [0.3, 0.4) is 0 Å². The molecule has 39 heavy (non-hydrogen) atoms. The second-order valence-electron chi connectivity index (χ2n) is 10.3. The van der Waals surface area contributed by atoms with Gasteiger partial charge in [-0.05, 0) is 42.9 Å². The van der Waals surface area contributed by atoms with Gasteiger partial charge < -0.3 is 20.3 Å². The van der Waals surface area contributed by atoms with Crippen LogP contribution in [0.15, 0.2) is 18.2 Å². The molecule has 0 saturated carbocycles. The van der Waals surface area contributed by atoms with E-state index in [1.54, 1.807) is 17.0 Å². The number of hydrogen-bond donors (Lipinski definition) is 2. The Kier molecular flexibility index (Phi) is 15.0. The monoisotopic (exact) mass is 561 g/mol. The predicted octanol–water partition coefficient (Wildman–Crippen LogP) is 5.90. The Morgan fingerprint density at radius 3 is 2.33 bits per heavy atom. The lowest BCUT2D eigenvalue weighted by molar-refractivity contribution is 0.0428. The van der Waals surface area contributed by atoms with Crippen LogP contribution in [0.5, 0.6) is 0 Å². The minimum Gasteiger partial charge on any atom is -0.462 e. The van der Waals surface area contributed by atoms with E-state index in [9.17, 15) is 19.2 Å². The molecule has 0 aliphatic carbocycles. The van der Waals surface area contributed by atoms with Crippen LogP contribution in [0.25, 0.3) is 0 Å². The van der Waals surface area contributed by atoms with Crippen molar-refractivity contribution in [3.05, 3.63) is 34.9 Å². The Morgan fingerprint density at radius 1 is 1.03 bits per heavy atom. The summed E-state index contributed by atoms with van der Waals surface area (Å²) in [7, 11) is 0. The molecule has 0 spiro atoms. The van der Waals surface area contributed by atoms with Gasteiger partial charge in [0.2, 0.25) is 5.12 Å². The van der Waals surface area contributed by atoms with E-state index < -0.39 is 11.9 Å². The Labute approximate surface area is 238 Å². The molecule has 8 nitrogen and oxygen atoms in total. The molecule has 218 valence electrons. The van der Waals surface area contributed by atoms with E-state index in [2.05, 4.69) is 38.3 Å². The SMILES string of the molecule is CCCCC(CC)COC(=O)c1ccc(C(=O)SCC(CC)CCCC)c(C(=O)NCCN2CCNC2=O)c1. The summed E-state index contributed by atoms with van der Waals surface area (Å²) in [6.07, 6.45) is 8.44. The summed E-state index contributed by atoms with van der Waals surface area (Å²) in [5.74, 6) is 0.498. The first kappa shape index (κ1) is 32.7. The van der Waals surface area contributed by atoms with Gasteiger partial charge in [0.1, 0.15) is 0 Å². The van der Waals surface area contributed by atoms with Crippen LogP contribution < -0.4 is 10.6 Å². The average Bonchev–Trinajstić information content (AvgIpc) is 3.36. The van der Waals surface area contributed by atoms with Crippen LogP contribution in [0, 0.1) is 11.8 Å². The molecule has 1 saturated heterocycles. The van der Waals surface area contributed by atoms with E-state index in [-0.39, 0.29) is 34.4 Å². The minimum atomic E-state index is -0.495. The Bertz CT molecular complexity index is 955. The number of amides is 3. The molecular weight excluding hydrogens is 514 g/mol.